The summed E-state index contributed by atoms with van der Waals surface area (Å²) in [7, 11) is 1.88. The summed E-state index contributed by atoms with van der Waals surface area (Å²) in [4.78, 5) is 22.2. The number of amides is 1. The summed E-state index contributed by atoms with van der Waals surface area (Å²) in [5, 5.41) is 7.32. The third-order valence-corrected chi connectivity index (χ3v) is 8.16. The molecule has 2 aliphatic carbocycles. The van der Waals surface area contributed by atoms with Crippen LogP contribution in [0.25, 0.3) is 0 Å². The molecule has 31 heavy (non-hydrogen) atoms. The van der Waals surface area contributed by atoms with Gasteiger partial charge in [-0.2, -0.15) is 0 Å². The molecule has 0 aromatic carbocycles. The molecule has 1 atom stereocenters. The number of likely N-dealkylation sites (tertiary alicyclic amines) is 2. The molecule has 4 aliphatic rings. The van der Waals surface area contributed by atoms with Crippen molar-refractivity contribution >= 4 is 35.8 Å². The van der Waals surface area contributed by atoms with Crippen molar-refractivity contribution in [3.05, 3.63) is 0 Å². The summed E-state index contributed by atoms with van der Waals surface area (Å²) in [5.74, 6) is 1.60. The molecule has 2 N–H and O–H groups in total. The molecular formula is C24H44IN5O. The van der Waals surface area contributed by atoms with Crippen molar-refractivity contribution in [2.45, 2.75) is 95.1 Å². The molecule has 1 unspecified atom stereocenters. The Labute approximate surface area is 206 Å². The number of carbonyl (C=O) groups excluding carboxylic acids is 1. The Balaban J connectivity index is 0.00000272. The molecule has 1 amide bonds. The molecule has 6 nitrogen and oxygen atoms in total. The number of halogens is 1. The van der Waals surface area contributed by atoms with E-state index in [0.29, 0.717) is 17.5 Å². The maximum atomic E-state index is 12.7. The summed E-state index contributed by atoms with van der Waals surface area (Å²) >= 11 is 0. The fraction of sp³-hybridized carbons (Fsp3) is 0.917. The van der Waals surface area contributed by atoms with Gasteiger partial charge >= 0.3 is 0 Å². The average molecular weight is 546 g/mol. The lowest BCUT2D eigenvalue weighted by molar-refractivity contribution is -0.134. The summed E-state index contributed by atoms with van der Waals surface area (Å²) < 4.78 is 0. The van der Waals surface area contributed by atoms with E-state index >= 15 is 0 Å². The molecule has 2 saturated heterocycles. The molecule has 0 aromatic rings. The van der Waals surface area contributed by atoms with Crippen LogP contribution in [0.5, 0.6) is 0 Å². The predicted octanol–water partition coefficient (Wildman–Crippen LogP) is 3.75. The van der Waals surface area contributed by atoms with Gasteiger partial charge in [-0.25, -0.2) is 0 Å². The molecule has 2 aliphatic heterocycles. The number of nitrogens with one attached hydrogen (secondary N) is 2. The zero-order valence-corrected chi connectivity index (χ0v) is 21.9. The van der Waals surface area contributed by atoms with Crippen molar-refractivity contribution in [3.8, 4) is 0 Å². The van der Waals surface area contributed by atoms with Gasteiger partial charge in [-0.05, 0) is 58.0 Å². The molecule has 2 saturated carbocycles. The van der Waals surface area contributed by atoms with Gasteiger partial charge in [0.15, 0.2) is 5.96 Å². The Morgan fingerprint density at radius 1 is 0.935 bits per heavy atom. The molecule has 0 radical (unpaired) electrons. The minimum Gasteiger partial charge on any atom is -0.355 e. The van der Waals surface area contributed by atoms with Gasteiger partial charge in [0.25, 0.3) is 0 Å². The largest absolute Gasteiger partial charge is 0.355 e. The van der Waals surface area contributed by atoms with E-state index in [9.17, 15) is 4.79 Å². The molecule has 4 fully saturated rings. The number of piperidine rings is 1. The standard InChI is InChI=1S/C24H43N5O.HI/c1-25-23(27-21-12-17-28(18-21)22(30)20-10-4-5-11-20)26-19-24(13-6-2-7-14-24)29-15-8-3-9-16-29;/h20-21H,2-19H2,1H3,(H2,25,26,27);1H. The number of carbonyl (C=O) groups is 1. The number of nitrogens with zero attached hydrogens (tertiary/aromatic N) is 3. The van der Waals surface area contributed by atoms with E-state index in [0.717, 1.165) is 44.9 Å². The second-order valence-electron chi connectivity index (χ2n) is 10.2. The van der Waals surface area contributed by atoms with Gasteiger partial charge in [-0.1, -0.05) is 38.5 Å². The minimum atomic E-state index is 0. The highest BCUT2D eigenvalue weighted by Crippen LogP contribution is 2.35. The quantitative estimate of drug-likeness (QED) is 0.314. The van der Waals surface area contributed by atoms with Crippen molar-refractivity contribution in [2.24, 2.45) is 10.9 Å². The molecule has 2 heterocycles. The Kier molecular flexibility index (Phi) is 9.74. The van der Waals surface area contributed by atoms with Crippen molar-refractivity contribution in [1.29, 1.82) is 0 Å². The van der Waals surface area contributed by atoms with E-state index < -0.39 is 0 Å². The number of rotatable bonds is 5. The number of hydrogen-bond acceptors (Lipinski definition) is 3. The lowest BCUT2D eigenvalue weighted by Crippen LogP contribution is -2.59. The van der Waals surface area contributed by atoms with Crippen molar-refractivity contribution in [1.82, 2.24) is 20.4 Å². The van der Waals surface area contributed by atoms with E-state index in [-0.39, 0.29) is 29.9 Å². The first-order valence-electron chi connectivity index (χ1n) is 12.7. The Morgan fingerprint density at radius 3 is 2.29 bits per heavy atom. The third-order valence-electron chi connectivity index (χ3n) is 8.16. The van der Waals surface area contributed by atoms with Crippen LogP contribution in [-0.4, -0.2) is 73.0 Å². The second-order valence-corrected chi connectivity index (χ2v) is 10.2. The maximum Gasteiger partial charge on any atom is 0.225 e. The Hall–Kier alpha value is -0.570. The van der Waals surface area contributed by atoms with Crippen LogP contribution in [0.4, 0.5) is 0 Å². The monoisotopic (exact) mass is 545 g/mol. The summed E-state index contributed by atoms with van der Waals surface area (Å²) in [6.45, 7) is 5.22. The Bertz CT molecular complexity index is 595. The molecule has 7 heteroatoms. The van der Waals surface area contributed by atoms with Gasteiger partial charge in [0.1, 0.15) is 0 Å². The average Bonchev–Trinajstić information content (AvgIpc) is 3.50. The van der Waals surface area contributed by atoms with Gasteiger partial charge in [-0.15, -0.1) is 24.0 Å². The zero-order chi connectivity index (χ0) is 20.8. The molecule has 0 bridgehead atoms. The third kappa shape index (κ3) is 6.27. The van der Waals surface area contributed by atoms with Crippen LogP contribution in [0.1, 0.15) is 83.5 Å². The van der Waals surface area contributed by atoms with E-state index in [1.54, 1.807) is 0 Å². The molecule has 0 aromatic heterocycles. The van der Waals surface area contributed by atoms with E-state index in [1.165, 1.54) is 77.3 Å². The van der Waals surface area contributed by atoms with Gasteiger partial charge in [0.2, 0.25) is 5.91 Å². The van der Waals surface area contributed by atoms with Crippen LogP contribution in [-0.2, 0) is 4.79 Å². The number of hydrogen-bond donors (Lipinski definition) is 2. The zero-order valence-electron chi connectivity index (χ0n) is 19.5. The fourth-order valence-corrected chi connectivity index (χ4v) is 6.33. The van der Waals surface area contributed by atoms with Gasteiger partial charge in [0, 0.05) is 44.2 Å². The van der Waals surface area contributed by atoms with Crippen molar-refractivity contribution in [3.63, 3.8) is 0 Å². The summed E-state index contributed by atoms with van der Waals surface area (Å²) in [6.07, 6.45) is 16.5. The first kappa shape index (κ1) is 25.1. The van der Waals surface area contributed by atoms with E-state index in [1.807, 2.05) is 7.05 Å². The highest BCUT2D eigenvalue weighted by atomic mass is 127. The van der Waals surface area contributed by atoms with Crippen molar-refractivity contribution < 1.29 is 4.79 Å². The molecule has 0 spiro atoms. The lowest BCUT2D eigenvalue weighted by atomic mass is 9.79. The number of guanidine groups is 1. The highest BCUT2D eigenvalue weighted by Gasteiger charge is 2.39. The summed E-state index contributed by atoms with van der Waals surface area (Å²) in [5.41, 5.74) is 0.302. The van der Waals surface area contributed by atoms with Crippen LogP contribution in [0.15, 0.2) is 4.99 Å². The first-order chi connectivity index (χ1) is 14.7. The SMILES string of the molecule is CN=C(NCC1(N2CCCCC2)CCCCC1)NC1CCN(C(=O)C2CCCC2)C1.I. The topological polar surface area (TPSA) is 60.0 Å². The predicted molar refractivity (Wildman–Crippen MR) is 138 cm³/mol. The van der Waals surface area contributed by atoms with Gasteiger partial charge in [-0.3, -0.25) is 14.7 Å². The number of aliphatic imine (C=N–C) groups is 1. The highest BCUT2D eigenvalue weighted by molar-refractivity contribution is 14.0. The lowest BCUT2D eigenvalue weighted by Gasteiger charge is -2.48. The molecular weight excluding hydrogens is 501 g/mol. The van der Waals surface area contributed by atoms with Crippen LogP contribution in [0.3, 0.4) is 0 Å². The van der Waals surface area contributed by atoms with E-state index in [2.05, 4.69) is 25.4 Å². The Morgan fingerprint density at radius 2 is 1.61 bits per heavy atom. The van der Waals surface area contributed by atoms with Crippen LogP contribution < -0.4 is 10.6 Å². The van der Waals surface area contributed by atoms with E-state index in [4.69, 9.17) is 0 Å². The van der Waals surface area contributed by atoms with Crippen LogP contribution >= 0.6 is 24.0 Å². The fourth-order valence-electron chi connectivity index (χ4n) is 6.33. The molecule has 178 valence electrons. The first-order valence-corrected chi connectivity index (χ1v) is 12.7. The normalized spacial score (nSPS) is 27.7. The molecule has 4 rings (SSSR count). The van der Waals surface area contributed by atoms with Crippen molar-refractivity contribution in [2.75, 3.05) is 39.8 Å². The minimum absolute atomic E-state index is 0. The maximum absolute atomic E-state index is 12.7. The summed E-state index contributed by atoms with van der Waals surface area (Å²) in [6, 6.07) is 0.318. The van der Waals surface area contributed by atoms with Crippen LogP contribution in [0, 0.1) is 5.92 Å². The second kappa shape index (κ2) is 12.1. The van der Waals surface area contributed by atoms with Crippen LogP contribution in [0.2, 0.25) is 0 Å². The van der Waals surface area contributed by atoms with Gasteiger partial charge < -0.3 is 15.5 Å². The van der Waals surface area contributed by atoms with Gasteiger partial charge in [0.05, 0.1) is 0 Å². The smallest absolute Gasteiger partial charge is 0.225 e.